The fourth-order valence-corrected chi connectivity index (χ4v) is 2.69. The van der Waals surface area contributed by atoms with E-state index in [1.165, 1.54) is 6.08 Å². The Morgan fingerprint density at radius 1 is 1.54 bits per heavy atom. The molecule has 0 aliphatic heterocycles. The summed E-state index contributed by atoms with van der Waals surface area (Å²) in [6, 6.07) is 7.04. The molecule has 0 fully saturated rings. The highest BCUT2D eigenvalue weighted by atomic mass is 16.5. The van der Waals surface area contributed by atoms with Crippen molar-refractivity contribution in [3.63, 3.8) is 0 Å². The molecule has 28 heavy (non-hydrogen) atoms. The van der Waals surface area contributed by atoms with Gasteiger partial charge in [-0.1, -0.05) is 13.5 Å². The summed E-state index contributed by atoms with van der Waals surface area (Å²) in [5.41, 5.74) is 3.14. The zero-order valence-electron chi connectivity index (χ0n) is 16.5. The van der Waals surface area contributed by atoms with E-state index in [1.54, 1.807) is 36.2 Å². The summed E-state index contributed by atoms with van der Waals surface area (Å²) in [6.45, 7) is 8.77. The lowest BCUT2D eigenvalue weighted by Gasteiger charge is -2.15. The van der Waals surface area contributed by atoms with Gasteiger partial charge in [0.2, 0.25) is 0 Å². The molecule has 0 bridgehead atoms. The smallest absolute Gasteiger partial charge is 0.270 e. The molecule has 2 rings (SSSR count). The van der Waals surface area contributed by atoms with E-state index in [4.69, 9.17) is 10.00 Å². The highest BCUT2D eigenvalue weighted by molar-refractivity contribution is 6.43. The molecule has 0 saturated carbocycles. The summed E-state index contributed by atoms with van der Waals surface area (Å²) in [4.78, 5) is 17.1. The number of benzene rings is 1. The average molecular weight is 379 g/mol. The van der Waals surface area contributed by atoms with Crippen LogP contribution in [0.5, 0.6) is 0 Å². The molecule has 1 amide bonds. The second kappa shape index (κ2) is 10.2. The molecule has 1 N–H and O–H groups in total. The molecular formula is C21H25N5O2. The molecule has 0 radical (unpaired) electrons. The summed E-state index contributed by atoms with van der Waals surface area (Å²) < 4.78 is 6.85. The van der Waals surface area contributed by atoms with Gasteiger partial charge in [0, 0.05) is 18.9 Å². The number of carbonyl (C=O) groups is 1. The van der Waals surface area contributed by atoms with Crippen molar-refractivity contribution >= 4 is 17.3 Å². The summed E-state index contributed by atoms with van der Waals surface area (Å²) in [6.07, 6.45) is 5.80. The van der Waals surface area contributed by atoms with Crippen LogP contribution in [0, 0.1) is 18.3 Å². The molecule has 7 heteroatoms. The van der Waals surface area contributed by atoms with Crippen LogP contribution in [0.4, 0.5) is 5.69 Å². The summed E-state index contributed by atoms with van der Waals surface area (Å²) in [5, 5.41) is 16.3. The highest BCUT2D eigenvalue weighted by Crippen LogP contribution is 2.21. The van der Waals surface area contributed by atoms with Crippen molar-refractivity contribution in [2.75, 3.05) is 13.7 Å². The molecule has 0 spiro atoms. The van der Waals surface area contributed by atoms with Gasteiger partial charge in [-0.05, 0) is 43.2 Å². The molecule has 1 heterocycles. The third-order valence-corrected chi connectivity index (χ3v) is 4.29. The van der Waals surface area contributed by atoms with Gasteiger partial charge in [-0.15, -0.1) is 0 Å². The third kappa shape index (κ3) is 5.38. The molecule has 2 aromatic rings. The fraction of sp³-hybridized carbons (Fsp3) is 0.333. The molecule has 1 aromatic heterocycles. The molecular weight excluding hydrogens is 354 g/mol. The van der Waals surface area contributed by atoms with E-state index in [-0.39, 0.29) is 17.7 Å². The number of aryl methyl sites for hydroxylation is 1. The van der Waals surface area contributed by atoms with E-state index < -0.39 is 0 Å². The van der Waals surface area contributed by atoms with Gasteiger partial charge in [0.15, 0.2) is 0 Å². The minimum absolute atomic E-state index is 0.184. The fourth-order valence-electron chi connectivity index (χ4n) is 2.69. The maximum Gasteiger partial charge on any atom is 0.270 e. The summed E-state index contributed by atoms with van der Waals surface area (Å²) >= 11 is 0. The zero-order chi connectivity index (χ0) is 20.5. The number of nitriles is 1. The Morgan fingerprint density at radius 3 is 2.93 bits per heavy atom. The number of hydrogen-bond acceptors (Lipinski definition) is 5. The van der Waals surface area contributed by atoms with Crippen molar-refractivity contribution in [2.45, 2.75) is 32.9 Å². The van der Waals surface area contributed by atoms with Gasteiger partial charge in [0.25, 0.3) is 5.91 Å². The average Bonchev–Trinajstić information content (AvgIpc) is 3.17. The number of amides is 1. The van der Waals surface area contributed by atoms with Crippen molar-refractivity contribution in [1.29, 1.82) is 5.26 Å². The number of methoxy groups -OCH3 is 1. The van der Waals surface area contributed by atoms with Gasteiger partial charge in [0.05, 0.1) is 42.7 Å². The second-order valence-electron chi connectivity index (χ2n) is 6.28. The van der Waals surface area contributed by atoms with E-state index in [9.17, 15) is 4.79 Å². The Bertz CT molecular complexity index is 908. The van der Waals surface area contributed by atoms with Crippen molar-refractivity contribution in [3.05, 3.63) is 59.9 Å². The Labute approximate surface area is 165 Å². The number of carbonyl (C=O) groups excluding carboxylic acids is 1. The van der Waals surface area contributed by atoms with E-state index in [0.29, 0.717) is 30.8 Å². The van der Waals surface area contributed by atoms with Crippen LogP contribution in [-0.2, 0) is 16.1 Å². The lowest BCUT2D eigenvalue weighted by molar-refractivity contribution is -0.115. The van der Waals surface area contributed by atoms with E-state index in [1.807, 2.05) is 20.0 Å². The van der Waals surface area contributed by atoms with Crippen LogP contribution < -0.4 is 5.32 Å². The van der Waals surface area contributed by atoms with Gasteiger partial charge in [0.1, 0.15) is 5.71 Å². The van der Waals surface area contributed by atoms with Crippen LogP contribution in [0.2, 0.25) is 0 Å². The standard InChI is InChI=1S/C21H25N5O2/c1-5-18(17-13-23-26(14-17)9-10-28-4)25-21(27)19(6-2)24-20-8-7-16(12-22)11-15(20)3/h6-8,11,13-14,18H,2,5,9-10H2,1,3-4H3,(H,25,27). The molecule has 1 atom stereocenters. The van der Waals surface area contributed by atoms with Gasteiger partial charge in [-0.2, -0.15) is 10.4 Å². The first-order valence-corrected chi connectivity index (χ1v) is 9.06. The first-order chi connectivity index (χ1) is 13.5. The SMILES string of the molecule is C=CC(=Nc1ccc(C#N)cc1C)C(=O)NC(CC)c1cnn(CCOC)c1. The quantitative estimate of drug-likeness (QED) is 0.677. The van der Waals surface area contributed by atoms with E-state index in [0.717, 1.165) is 11.1 Å². The van der Waals surface area contributed by atoms with Crippen molar-refractivity contribution in [1.82, 2.24) is 15.1 Å². The van der Waals surface area contributed by atoms with Crippen LogP contribution in [0.3, 0.4) is 0 Å². The Balaban J connectivity index is 2.16. The number of aromatic nitrogens is 2. The van der Waals surface area contributed by atoms with Crippen LogP contribution >= 0.6 is 0 Å². The number of aliphatic imine (C=N–C) groups is 1. The van der Waals surface area contributed by atoms with Crippen LogP contribution in [0.15, 0.2) is 48.2 Å². The summed E-state index contributed by atoms with van der Waals surface area (Å²) in [7, 11) is 1.64. The van der Waals surface area contributed by atoms with Gasteiger partial charge in [-0.3, -0.25) is 9.48 Å². The predicted molar refractivity (Wildman–Crippen MR) is 108 cm³/mol. The van der Waals surface area contributed by atoms with E-state index in [2.05, 4.69) is 28.1 Å². The minimum Gasteiger partial charge on any atom is -0.383 e. The molecule has 0 aliphatic carbocycles. The topological polar surface area (TPSA) is 92.3 Å². The lowest BCUT2D eigenvalue weighted by atomic mass is 10.1. The molecule has 146 valence electrons. The number of nitrogens with one attached hydrogen (secondary N) is 1. The summed E-state index contributed by atoms with van der Waals surface area (Å²) in [5.74, 6) is -0.310. The van der Waals surface area contributed by atoms with Crippen LogP contribution in [0.1, 0.15) is 36.1 Å². The van der Waals surface area contributed by atoms with Crippen LogP contribution in [-0.4, -0.2) is 35.1 Å². The molecule has 0 saturated heterocycles. The number of rotatable bonds is 9. The molecule has 1 unspecified atom stereocenters. The van der Waals surface area contributed by atoms with Crippen molar-refractivity contribution < 1.29 is 9.53 Å². The second-order valence-corrected chi connectivity index (χ2v) is 6.28. The normalized spacial score (nSPS) is 12.3. The van der Waals surface area contributed by atoms with Gasteiger partial charge >= 0.3 is 0 Å². The Kier molecular flexibility index (Phi) is 7.66. The van der Waals surface area contributed by atoms with Gasteiger partial charge < -0.3 is 10.1 Å². The largest absolute Gasteiger partial charge is 0.383 e. The minimum atomic E-state index is -0.310. The highest BCUT2D eigenvalue weighted by Gasteiger charge is 2.17. The molecule has 0 aliphatic rings. The van der Waals surface area contributed by atoms with Crippen molar-refractivity contribution in [2.24, 2.45) is 4.99 Å². The number of ether oxygens (including phenoxy) is 1. The first kappa shape index (κ1) is 21.1. The molecule has 1 aromatic carbocycles. The maximum atomic E-state index is 12.7. The van der Waals surface area contributed by atoms with E-state index >= 15 is 0 Å². The first-order valence-electron chi connectivity index (χ1n) is 9.06. The monoisotopic (exact) mass is 379 g/mol. The number of hydrogen-bond donors (Lipinski definition) is 1. The van der Waals surface area contributed by atoms with Gasteiger partial charge in [-0.25, -0.2) is 4.99 Å². The van der Waals surface area contributed by atoms with Crippen molar-refractivity contribution in [3.8, 4) is 6.07 Å². The molecule has 7 nitrogen and oxygen atoms in total. The predicted octanol–water partition coefficient (Wildman–Crippen LogP) is 3.24. The lowest BCUT2D eigenvalue weighted by Crippen LogP contribution is -2.33. The van der Waals surface area contributed by atoms with Crippen LogP contribution in [0.25, 0.3) is 0 Å². The maximum absolute atomic E-state index is 12.7. The Hall–Kier alpha value is -3.24. The Morgan fingerprint density at radius 2 is 2.32 bits per heavy atom. The third-order valence-electron chi connectivity index (χ3n) is 4.29. The number of nitrogens with zero attached hydrogens (tertiary/aromatic N) is 4. The zero-order valence-corrected chi connectivity index (χ0v) is 16.5.